The van der Waals surface area contributed by atoms with Crippen molar-refractivity contribution in [1.82, 2.24) is 10.3 Å². The molecule has 0 saturated carbocycles. The Morgan fingerprint density at radius 2 is 1.97 bits per heavy atom. The van der Waals surface area contributed by atoms with Crippen LogP contribution in [-0.2, 0) is 0 Å². The molecule has 0 aliphatic carbocycles. The first-order valence-electron chi connectivity index (χ1n) is 9.35. The number of rotatable bonds is 7. The molecule has 30 heavy (non-hydrogen) atoms. The Hall–Kier alpha value is -2.49. The average molecular weight is 449 g/mol. The van der Waals surface area contributed by atoms with Gasteiger partial charge in [0, 0.05) is 30.2 Å². The summed E-state index contributed by atoms with van der Waals surface area (Å²) < 4.78 is 45.1. The second-order valence-corrected chi connectivity index (χ2v) is 8.39. The zero-order valence-corrected chi connectivity index (χ0v) is 17.4. The van der Waals surface area contributed by atoms with Gasteiger partial charge in [-0.1, -0.05) is 18.2 Å². The number of aromatic nitrogens is 1. The van der Waals surface area contributed by atoms with Crippen LogP contribution >= 0.6 is 23.3 Å². The number of nitrogens with zero attached hydrogens (tertiary/aromatic N) is 1. The molecule has 1 aliphatic heterocycles. The summed E-state index contributed by atoms with van der Waals surface area (Å²) in [6.07, 6.45) is 4.58. The van der Waals surface area contributed by atoms with Crippen molar-refractivity contribution in [2.45, 2.75) is 17.4 Å². The van der Waals surface area contributed by atoms with E-state index in [-0.39, 0.29) is 22.4 Å². The lowest BCUT2D eigenvalue weighted by Crippen LogP contribution is -2.39. The summed E-state index contributed by atoms with van der Waals surface area (Å²) in [5.41, 5.74) is 2.01. The maximum atomic E-state index is 14.6. The summed E-state index contributed by atoms with van der Waals surface area (Å²) in [4.78, 5) is 4.19. The van der Waals surface area contributed by atoms with Gasteiger partial charge in [-0.2, -0.15) is 0 Å². The fourth-order valence-corrected chi connectivity index (χ4v) is 4.47. The Bertz CT molecular complexity index is 1020. The van der Waals surface area contributed by atoms with Gasteiger partial charge in [-0.05, 0) is 54.2 Å². The molecule has 3 N–H and O–H groups in total. The van der Waals surface area contributed by atoms with E-state index in [1.165, 1.54) is 23.5 Å². The van der Waals surface area contributed by atoms with Crippen molar-refractivity contribution in [1.29, 1.82) is 0 Å². The molecule has 1 aromatic heterocycles. The van der Waals surface area contributed by atoms with Crippen molar-refractivity contribution in [3.05, 3.63) is 77.1 Å². The van der Waals surface area contributed by atoms with Crippen LogP contribution in [0.4, 0.5) is 24.0 Å². The molecule has 1 unspecified atom stereocenters. The molecule has 1 atom stereocenters. The van der Waals surface area contributed by atoms with Crippen LogP contribution in [0.2, 0.25) is 0 Å². The quantitative estimate of drug-likeness (QED) is 0.415. The summed E-state index contributed by atoms with van der Waals surface area (Å²) in [5, 5.41) is 8.78. The maximum Gasteiger partial charge on any atom is 0.192 e. The van der Waals surface area contributed by atoms with Crippen molar-refractivity contribution in [3.8, 4) is 0 Å². The number of halogens is 3. The molecule has 0 amide bonds. The van der Waals surface area contributed by atoms with Crippen molar-refractivity contribution in [2.24, 2.45) is 0 Å². The lowest BCUT2D eigenvalue weighted by molar-refractivity contribution is 0.575. The SMILES string of the molecule is Fc1ccc(C2=CCCNC2CNc2cc(F)c(SNc3nccs3)cc2F)cc1. The number of nitrogens with one attached hydrogen (secondary N) is 3. The molecular formula is C21H19F3N4S2. The number of hydrogen-bond acceptors (Lipinski definition) is 6. The number of thiazole rings is 1. The number of anilines is 2. The van der Waals surface area contributed by atoms with Gasteiger partial charge in [0.15, 0.2) is 5.13 Å². The summed E-state index contributed by atoms with van der Waals surface area (Å²) in [6.45, 7) is 1.15. The zero-order valence-electron chi connectivity index (χ0n) is 15.8. The van der Waals surface area contributed by atoms with Crippen LogP contribution in [-0.4, -0.2) is 24.1 Å². The molecule has 2 aromatic carbocycles. The molecule has 1 aliphatic rings. The molecule has 9 heteroatoms. The second-order valence-electron chi connectivity index (χ2n) is 6.65. The summed E-state index contributed by atoms with van der Waals surface area (Å²) in [6, 6.07) is 8.50. The molecule has 0 spiro atoms. The maximum absolute atomic E-state index is 14.6. The number of hydrogen-bond donors (Lipinski definition) is 3. The predicted octanol–water partition coefficient (Wildman–Crippen LogP) is 5.54. The van der Waals surface area contributed by atoms with Crippen molar-refractivity contribution in [3.63, 3.8) is 0 Å². The van der Waals surface area contributed by atoms with E-state index in [4.69, 9.17) is 0 Å². The highest BCUT2D eigenvalue weighted by Gasteiger charge is 2.20. The van der Waals surface area contributed by atoms with E-state index >= 15 is 0 Å². The van der Waals surface area contributed by atoms with Gasteiger partial charge in [0.25, 0.3) is 0 Å². The minimum atomic E-state index is -0.539. The molecule has 0 fully saturated rings. The molecule has 3 aromatic rings. The Balaban J connectivity index is 1.43. The third-order valence-electron chi connectivity index (χ3n) is 4.65. The monoisotopic (exact) mass is 448 g/mol. The third-order valence-corrected chi connectivity index (χ3v) is 6.30. The smallest absolute Gasteiger partial charge is 0.192 e. The van der Waals surface area contributed by atoms with Gasteiger partial charge in [0.2, 0.25) is 0 Å². The van der Waals surface area contributed by atoms with Crippen LogP contribution in [0.3, 0.4) is 0 Å². The van der Waals surface area contributed by atoms with E-state index in [0.717, 1.165) is 48.2 Å². The van der Waals surface area contributed by atoms with Crippen LogP contribution in [0.15, 0.2) is 58.9 Å². The van der Waals surface area contributed by atoms with E-state index in [2.05, 4.69) is 26.4 Å². The van der Waals surface area contributed by atoms with Gasteiger partial charge < -0.3 is 15.4 Å². The van der Waals surface area contributed by atoms with E-state index in [0.29, 0.717) is 11.7 Å². The Labute approximate surface area is 180 Å². The molecule has 2 heterocycles. The topological polar surface area (TPSA) is 49.0 Å². The van der Waals surface area contributed by atoms with Gasteiger partial charge in [-0.25, -0.2) is 18.2 Å². The van der Waals surface area contributed by atoms with Crippen LogP contribution < -0.4 is 15.4 Å². The van der Waals surface area contributed by atoms with Crippen LogP contribution in [0.1, 0.15) is 12.0 Å². The highest BCUT2D eigenvalue weighted by Crippen LogP contribution is 2.29. The number of benzene rings is 2. The highest BCUT2D eigenvalue weighted by atomic mass is 32.2. The lowest BCUT2D eigenvalue weighted by Gasteiger charge is -2.27. The highest BCUT2D eigenvalue weighted by molar-refractivity contribution is 8.00. The molecule has 4 rings (SSSR count). The lowest BCUT2D eigenvalue weighted by atomic mass is 9.94. The molecule has 4 nitrogen and oxygen atoms in total. The molecule has 0 saturated heterocycles. The molecule has 156 valence electrons. The Kier molecular flexibility index (Phi) is 6.61. The first-order valence-corrected chi connectivity index (χ1v) is 11.0. The van der Waals surface area contributed by atoms with Gasteiger partial charge in [-0.15, -0.1) is 11.3 Å². The fraction of sp³-hybridized carbons (Fsp3) is 0.190. The zero-order chi connectivity index (χ0) is 20.9. The summed E-state index contributed by atoms with van der Waals surface area (Å²) in [7, 11) is 0. The van der Waals surface area contributed by atoms with Gasteiger partial charge in [0.1, 0.15) is 17.5 Å². The third kappa shape index (κ3) is 4.97. The van der Waals surface area contributed by atoms with Crippen LogP contribution in [0.5, 0.6) is 0 Å². The minimum absolute atomic E-state index is 0.0944. The van der Waals surface area contributed by atoms with Gasteiger partial charge in [0.05, 0.1) is 10.6 Å². The van der Waals surface area contributed by atoms with Crippen molar-refractivity contribution < 1.29 is 13.2 Å². The van der Waals surface area contributed by atoms with E-state index in [9.17, 15) is 13.2 Å². The van der Waals surface area contributed by atoms with E-state index in [1.54, 1.807) is 23.7 Å². The van der Waals surface area contributed by atoms with E-state index in [1.807, 2.05) is 0 Å². The fourth-order valence-electron chi connectivity index (χ4n) is 3.21. The minimum Gasteiger partial charge on any atom is -0.381 e. The van der Waals surface area contributed by atoms with Crippen LogP contribution in [0, 0.1) is 17.5 Å². The first kappa shape index (κ1) is 20.8. The average Bonchev–Trinajstić information content (AvgIpc) is 3.27. The Morgan fingerprint density at radius 1 is 1.13 bits per heavy atom. The normalized spacial score (nSPS) is 16.2. The molecular weight excluding hydrogens is 429 g/mol. The van der Waals surface area contributed by atoms with Crippen LogP contribution in [0.25, 0.3) is 5.57 Å². The summed E-state index contributed by atoms with van der Waals surface area (Å²) >= 11 is 2.35. The van der Waals surface area contributed by atoms with Gasteiger partial charge >= 0.3 is 0 Å². The summed E-state index contributed by atoms with van der Waals surface area (Å²) in [5.74, 6) is -1.36. The van der Waals surface area contributed by atoms with Crippen molar-refractivity contribution in [2.75, 3.05) is 23.1 Å². The Morgan fingerprint density at radius 3 is 2.73 bits per heavy atom. The molecule has 0 radical (unpaired) electrons. The predicted molar refractivity (Wildman–Crippen MR) is 117 cm³/mol. The van der Waals surface area contributed by atoms with E-state index < -0.39 is 11.6 Å². The molecule has 0 bridgehead atoms. The first-order chi connectivity index (χ1) is 14.6. The van der Waals surface area contributed by atoms with Gasteiger partial charge in [-0.3, -0.25) is 0 Å². The van der Waals surface area contributed by atoms with Crippen molar-refractivity contribution >= 4 is 39.7 Å². The second kappa shape index (κ2) is 9.55. The standard InChI is InChI=1S/C21H19F3N4S2/c22-14-5-3-13(4-6-14)15-2-1-7-25-19(15)12-27-18-10-17(24)20(11-16(18)23)30-28-21-26-8-9-29-21/h2-6,8-11,19,25,27H,1,7,12H2,(H,26,28). The largest absolute Gasteiger partial charge is 0.381 e.